The second kappa shape index (κ2) is 9.89. The van der Waals surface area contributed by atoms with Crippen LogP contribution in [0.2, 0.25) is 0 Å². The normalized spacial score (nSPS) is 26.0. The number of alkyl halides is 1. The summed E-state index contributed by atoms with van der Waals surface area (Å²) in [5, 5.41) is 11.8. The Morgan fingerprint density at radius 3 is 2.84 bits per heavy atom. The lowest BCUT2D eigenvalue weighted by Gasteiger charge is -2.31. The van der Waals surface area contributed by atoms with E-state index in [0.29, 0.717) is 40.7 Å². The Morgan fingerprint density at radius 2 is 2.00 bits per heavy atom. The number of ether oxygens (including phenoxy) is 2. The van der Waals surface area contributed by atoms with Gasteiger partial charge >= 0.3 is 6.01 Å². The summed E-state index contributed by atoms with van der Waals surface area (Å²) < 4.78 is 59.0. The number of benzene rings is 3. The molecule has 44 heavy (non-hydrogen) atoms. The molecule has 2 unspecified atom stereocenters. The van der Waals surface area contributed by atoms with Crippen molar-refractivity contribution in [2.75, 3.05) is 31.6 Å². The standard InChI is InChI=1S/C34H31F3N4O3/c1-3-21-24(36)9-8-18-12-20(42)13-22(28(18)21)23-14-27-29-31(30(23)37)38-33(39-32(29)40(2)25-6-4-7-26(25)44-27)43-17-34-10-5-11-41(34)16-19(35)15-34/h1,8-9,12-14,19,25-26,42H,4-7,10-11,15-17H2,2H3/t19-,25?,26?,34+/m1/s1. The van der Waals surface area contributed by atoms with Gasteiger partial charge in [-0.1, -0.05) is 12.0 Å². The largest absolute Gasteiger partial charge is 0.508 e. The summed E-state index contributed by atoms with van der Waals surface area (Å²) in [5.74, 6) is 1.83. The molecular formula is C34H31F3N4O3. The molecule has 3 aliphatic heterocycles. The van der Waals surface area contributed by atoms with E-state index < -0.39 is 23.3 Å². The summed E-state index contributed by atoms with van der Waals surface area (Å²) in [6, 6.07) is 7.15. The van der Waals surface area contributed by atoms with Gasteiger partial charge in [-0.3, -0.25) is 4.90 Å². The van der Waals surface area contributed by atoms with E-state index in [1.165, 1.54) is 24.3 Å². The Balaban J connectivity index is 1.34. The minimum Gasteiger partial charge on any atom is -0.508 e. The molecule has 8 rings (SSSR count). The number of aromatic hydroxyl groups is 1. The Bertz CT molecular complexity index is 1890. The number of hydrogen-bond acceptors (Lipinski definition) is 7. The fourth-order valence-corrected chi connectivity index (χ4v) is 8.05. The number of fused-ring (bicyclic) bond motifs is 3. The average Bonchev–Trinajstić information content (AvgIpc) is 3.69. The van der Waals surface area contributed by atoms with Crippen molar-refractivity contribution in [1.29, 1.82) is 0 Å². The maximum atomic E-state index is 16.9. The first-order chi connectivity index (χ1) is 21.3. The molecule has 4 aliphatic rings. The number of phenols is 1. The molecular weight excluding hydrogens is 569 g/mol. The molecule has 1 aromatic heterocycles. The van der Waals surface area contributed by atoms with Crippen LogP contribution in [-0.2, 0) is 0 Å². The maximum Gasteiger partial charge on any atom is 0.319 e. The SMILES string of the molecule is C#Cc1c(F)ccc2cc(O)cc(-c3cc4c5c(nc(OC[C@@]67CCCN6C[C@H](F)C7)nc5c3F)N(C)C3CCCC3O4)c12. The zero-order valence-electron chi connectivity index (χ0n) is 24.2. The zero-order chi connectivity index (χ0) is 30.3. The van der Waals surface area contributed by atoms with E-state index in [1.54, 1.807) is 6.07 Å². The van der Waals surface area contributed by atoms with Crippen LogP contribution in [0.3, 0.4) is 0 Å². The van der Waals surface area contributed by atoms with Crippen LogP contribution in [0.15, 0.2) is 30.3 Å². The van der Waals surface area contributed by atoms with Gasteiger partial charge in [-0.2, -0.15) is 9.97 Å². The fourth-order valence-electron chi connectivity index (χ4n) is 8.05. The summed E-state index contributed by atoms with van der Waals surface area (Å²) in [7, 11) is 1.92. The second-order valence-corrected chi connectivity index (χ2v) is 12.6. The number of rotatable bonds is 4. The van der Waals surface area contributed by atoms with Crippen LogP contribution < -0.4 is 14.4 Å². The van der Waals surface area contributed by atoms with Crippen molar-refractivity contribution in [3.05, 3.63) is 47.5 Å². The fraction of sp³-hybridized carbons (Fsp3) is 0.412. The van der Waals surface area contributed by atoms with Gasteiger partial charge in [-0.25, -0.2) is 13.2 Å². The van der Waals surface area contributed by atoms with Gasteiger partial charge in [0.15, 0.2) is 5.82 Å². The summed E-state index contributed by atoms with van der Waals surface area (Å²) in [4.78, 5) is 13.5. The molecule has 4 atom stereocenters. The minimum absolute atomic E-state index is 0.00236. The number of terminal acetylenes is 1. The van der Waals surface area contributed by atoms with Crippen LogP contribution in [0.1, 0.15) is 44.1 Å². The smallest absolute Gasteiger partial charge is 0.319 e. The number of aromatic nitrogens is 2. The molecule has 2 saturated heterocycles. The van der Waals surface area contributed by atoms with Crippen LogP contribution in [0.5, 0.6) is 17.5 Å². The third-order valence-electron chi connectivity index (χ3n) is 10.1. The molecule has 1 aliphatic carbocycles. The molecule has 10 heteroatoms. The van der Waals surface area contributed by atoms with E-state index in [-0.39, 0.29) is 52.7 Å². The van der Waals surface area contributed by atoms with Crippen LogP contribution in [-0.4, -0.2) is 70.6 Å². The quantitative estimate of drug-likeness (QED) is 0.283. The maximum absolute atomic E-state index is 16.9. The molecule has 0 spiro atoms. The van der Waals surface area contributed by atoms with E-state index in [4.69, 9.17) is 20.9 Å². The highest BCUT2D eigenvalue weighted by Gasteiger charge is 2.49. The van der Waals surface area contributed by atoms with E-state index in [9.17, 15) is 13.9 Å². The summed E-state index contributed by atoms with van der Waals surface area (Å²) in [5.41, 5.74) is -0.207. The first kappa shape index (κ1) is 27.3. The minimum atomic E-state index is -0.916. The Hall–Kier alpha value is -4.23. The molecule has 1 N–H and O–H groups in total. The Labute approximate surface area is 252 Å². The summed E-state index contributed by atoms with van der Waals surface area (Å²) >= 11 is 0. The Kier molecular flexibility index (Phi) is 6.14. The van der Waals surface area contributed by atoms with Crippen molar-refractivity contribution >= 4 is 27.5 Å². The van der Waals surface area contributed by atoms with E-state index in [1.807, 2.05) is 11.9 Å². The number of phenolic OH excluding ortho intramolecular Hbond substituents is 1. The lowest BCUT2D eigenvalue weighted by molar-refractivity contribution is 0.107. The number of nitrogens with zero attached hydrogens (tertiary/aromatic N) is 4. The van der Waals surface area contributed by atoms with E-state index in [0.717, 1.165) is 38.6 Å². The monoisotopic (exact) mass is 600 g/mol. The molecule has 1 saturated carbocycles. The molecule has 3 fully saturated rings. The van der Waals surface area contributed by atoms with Crippen molar-refractivity contribution in [1.82, 2.24) is 14.9 Å². The first-order valence-corrected chi connectivity index (χ1v) is 15.1. The van der Waals surface area contributed by atoms with Crippen LogP contribution in [0, 0.1) is 24.0 Å². The molecule has 7 nitrogen and oxygen atoms in total. The van der Waals surface area contributed by atoms with Crippen molar-refractivity contribution < 1.29 is 27.8 Å². The van der Waals surface area contributed by atoms with E-state index in [2.05, 4.69) is 15.8 Å². The highest BCUT2D eigenvalue weighted by Crippen LogP contribution is 2.47. The average molecular weight is 601 g/mol. The predicted molar refractivity (Wildman–Crippen MR) is 161 cm³/mol. The van der Waals surface area contributed by atoms with Gasteiger partial charge in [0.25, 0.3) is 0 Å². The van der Waals surface area contributed by atoms with E-state index >= 15 is 4.39 Å². The topological polar surface area (TPSA) is 71.0 Å². The molecule has 0 radical (unpaired) electrons. The summed E-state index contributed by atoms with van der Waals surface area (Å²) in [6.07, 6.45) is 9.46. The number of likely N-dealkylation sites (N-methyl/N-ethyl adjacent to an activating group) is 1. The van der Waals surface area contributed by atoms with Crippen molar-refractivity contribution in [3.63, 3.8) is 0 Å². The van der Waals surface area contributed by atoms with Crippen molar-refractivity contribution in [3.8, 4) is 41.0 Å². The highest BCUT2D eigenvalue weighted by molar-refractivity contribution is 6.05. The van der Waals surface area contributed by atoms with Crippen LogP contribution in [0.25, 0.3) is 32.8 Å². The highest BCUT2D eigenvalue weighted by atomic mass is 19.1. The van der Waals surface area contributed by atoms with Crippen LogP contribution in [0.4, 0.5) is 19.0 Å². The lowest BCUT2D eigenvalue weighted by Crippen LogP contribution is -2.43. The molecule has 226 valence electrons. The van der Waals surface area contributed by atoms with Crippen molar-refractivity contribution in [2.45, 2.75) is 62.4 Å². The first-order valence-electron chi connectivity index (χ1n) is 15.1. The predicted octanol–water partition coefficient (Wildman–Crippen LogP) is 6.12. The third-order valence-corrected chi connectivity index (χ3v) is 10.1. The second-order valence-electron chi connectivity index (χ2n) is 12.6. The van der Waals surface area contributed by atoms with Gasteiger partial charge in [-0.05, 0) is 73.9 Å². The van der Waals surface area contributed by atoms with Gasteiger partial charge in [0.1, 0.15) is 47.5 Å². The third kappa shape index (κ3) is 4.02. The molecule has 0 amide bonds. The van der Waals surface area contributed by atoms with Gasteiger partial charge in [0, 0.05) is 31.0 Å². The molecule has 4 aromatic rings. The Morgan fingerprint density at radius 1 is 1.14 bits per heavy atom. The van der Waals surface area contributed by atoms with Crippen molar-refractivity contribution in [2.24, 2.45) is 0 Å². The number of halogens is 3. The lowest BCUT2D eigenvalue weighted by atomic mass is 9.92. The molecule has 4 heterocycles. The molecule has 3 aromatic carbocycles. The number of hydrogen-bond donors (Lipinski definition) is 1. The molecule has 0 bridgehead atoms. The van der Waals surface area contributed by atoms with Gasteiger partial charge < -0.3 is 19.5 Å². The zero-order valence-corrected chi connectivity index (χ0v) is 24.2. The van der Waals surface area contributed by atoms with Gasteiger partial charge in [0.05, 0.1) is 22.5 Å². The summed E-state index contributed by atoms with van der Waals surface area (Å²) in [6.45, 7) is 1.40. The van der Waals surface area contributed by atoms with Gasteiger partial charge in [0.2, 0.25) is 0 Å². The van der Waals surface area contributed by atoms with Crippen LogP contribution >= 0.6 is 0 Å². The number of anilines is 1. The van der Waals surface area contributed by atoms with Gasteiger partial charge in [-0.15, -0.1) is 6.42 Å².